The number of nitrogens with zero attached hydrogens (tertiary/aromatic N) is 3. The van der Waals surface area contributed by atoms with E-state index in [9.17, 15) is 4.79 Å². The molecule has 0 spiro atoms. The molecule has 1 saturated carbocycles. The molecule has 1 N–H and O–H groups in total. The lowest BCUT2D eigenvalue weighted by Crippen LogP contribution is -2.29. The van der Waals surface area contributed by atoms with Gasteiger partial charge >= 0.3 is 5.97 Å². The van der Waals surface area contributed by atoms with Gasteiger partial charge in [-0.3, -0.25) is 14.4 Å². The fourth-order valence-electron chi connectivity index (χ4n) is 2.19. The normalized spacial score (nSPS) is 15.2. The largest absolute Gasteiger partial charge is 0.481 e. The van der Waals surface area contributed by atoms with Gasteiger partial charge in [0.05, 0.1) is 12.1 Å². The van der Waals surface area contributed by atoms with Crippen molar-refractivity contribution >= 4 is 5.97 Å². The molecule has 0 amide bonds. The van der Waals surface area contributed by atoms with Gasteiger partial charge in [-0.2, -0.15) is 5.10 Å². The number of aryl methyl sites for hydroxylation is 1. The summed E-state index contributed by atoms with van der Waals surface area (Å²) in [4.78, 5) is 12.9. The number of carboxylic acids is 1. The molecule has 100 valence electrons. The standard InChI is InChI=1S/C13H21N3O2/c1-2-8-16-12(5-7-14-16)10-15(11-3-4-11)9-6-13(17)18/h5,7,11H,2-4,6,8-10H2,1H3,(H,17,18). The van der Waals surface area contributed by atoms with E-state index in [0.29, 0.717) is 12.6 Å². The predicted octanol–water partition coefficient (Wildman–Crippen LogP) is 1.73. The van der Waals surface area contributed by atoms with Crippen molar-refractivity contribution in [3.05, 3.63) is 18.0 Å². The number of aromatic nitrogens is 2. The Kier molecular flexibility index (Phi) is 4.36. The lowest BCUT2D eigenvalue weighted by molar-refractivity contribution is -0.137. The molecule has 0 aliphatic heterocycles. The Labute approximate surface area is 107 Å². The van der Waals surface area contributed by atoms with E-state index in [-0.39, 0.29) is 6.42 Å². The highest BCUT2D eigenvalue weighted by atomic mass is 16.4. The molecule has 0 radical (unpaired) electrons. The molecular formula is C13H21N3O2. The van der Waals surface area contributed by atoms with Crippen LogP contribution in [0.15, 0.2) is 12.3 Å². The van der Waals surface area contributed by atoms with Crippen molar-refractivity contribution < 1.29 is 9.90 Å². The molecule has 0 unspecified atom stereocenters. The van der Waals surface area contributed by atoms with Crippen molar-refractivity contribution in [3.8, 4) is 0 Å². The Morgan fingerprint density at radius 3 is 3.00 bits per heavy atom. The molecule has 5 nitrogen and oxygen atoms in total. The molecule has 1 aromatic heterocycles. The number of aliphatic carboxylic acids is 1. The van der Waals surface area contributed by atoms with Crippen molar-refractivity contribution in [2.24, 2.45) is 0 Å². The number of carbonyl (C=O) groups is 1. The zero-order chi connectivity index (χ0) is 13.0. The molecule has 18 heavy (non-hydrogen) atoms. The lowest BCUT2D eigenvalue weighted by atomic mass is 10.3. The monoisotopic (exact) mass is 251 g/mol. The Balaban J connectivity index is 1.94. The van der Waals surface area contributed by atoms with E-state index in [2.05, 4.69) is 16.9 Å². The maximum Gasteiger partial charge on any atom is 0.304 e. The van der Waals surface area contributed by atoms with E-state index < -0.39 is 5.97 Å². The molecule has 5 heteroatoms. The molecule has 1 aromatic rings. The van der Waals surface area contributed by atoms with Gasteiger partial charge in [-0.05, 0) is 25.3 Å². The topological polar surface area (TPSA) is 58.4 Å². The van der Waals surface area contributed by atoms with Crippen LogP contribution in [0.5, 0.6) is 0 Å². The summed E-state index contributed by atoms with van der Waals surface area (Å²) >= 11 is 0. The van der Waals surface area contributed by atoms with Gasteiger partial charge in [0.2, 0.25) is 0 Å². The third kappa shape index (κ3) is 3.57. The van der Waals surface area contributed by atoms with Crippen molar-refractivity contribution in [2.45, 2.75) is 51.7 Å². The first-order chi connectivity index (χ1) is 8.70. The first-order valence-corrected chi connectivity index (χ1v) is 6.67. The third-order valence-corrected chi connectivity index (χ3v) is 3.28. The first-order valence-electron chi connectivity index (χ1n) is 6.67. The molecule has 1 fully saturated rings. The molecule has 0 aromatic carbocycles. The van der Waals surface area contributed by atoms with E-state index >= 15 is 0 Å². The zero-order valence-electron chi connectivity index (χ0n) is 10.9. The van der Waals surface area contributed by atoms with Gasteiger partial charge in [-0.1, -0.05) is 6.92 Å². The van der Waals surface area contributed by atoms with Gasteiger partial charge in [0, 0.05) is 31.9 Å². The number of rotatable bonds is 8. The molecule has 0 atom stereocenters. The van der Waals surface area contributed by atoms with Crippen LogP contribution in [0.2, 0.25) is 0 Å². The van der Waals surface area contributed by atoms with E-state index in [1.54, 1.807) is 0 Å². The maximum atomic E-state index is 10.7. The molecule has 1 heterocycles. The second kappa shape index (κ2) is 6.00. The highest BCUT2D eigenvalue weighted by Gasteiger charge is 2.29. The van der Waals surface area contributed by atoms with Crippen molar-refractivity contribution in [2.75, 3.05) is 6.54 Å². The minimum absolute atomic E-state index is 0.221. The Morgan fingerprint density at radius 1 is 1.61 bits per heavy atom. The SMILES string of the molecule is CCCn1nccc1CN(CCC(=O)O)C1CC1. The van der Waals surface area contributed by atoms with Crippen LogP contribution in [0.25, 0.3) is 0 Å². The van der Waals surface area contributed by atoms with Crippen LogP contribution in [-0.2, 0) is 17.9 Å². The number of carboxylic acid groups (broad SMARTS) is 1. The summed E-state index contributed by atoms with van der Waals surface area (Å²) < 4.78 is 2.02. The highest BCUT2D eigenvalue weighted by molar-refractivity contribution is 5.66. The van der Waals surface area contributed by atoms with E-state index in [1.165, 1.54) is 18.5 Å². The lowest BCUT2D eigenvalue weighted by Gasteiger charge is -2.21. The average Bonchev–Trinajstić information content (AvgIpc) is 3.08. The minimum Gasteiger partial charge on any atom is -0.481 e. The summed E-state index contributed by atoms with van der Waals surface area (Å²) in [5.41, 5.74) is 1.19. The Hall–Kier alpha value is -1.36. The van der Waals surface area contributed by atoms with Crippen LogP contribution in [0.4, 0.5) is 0 Å². The van der Waals surface area contributed by atoms with Crippen LogP contribution in [0.1, 0.15) is 38.3 Å². The summed E-state index contributed by atoms with van der Waals surface area (Å²) in [7, 11) is 0. The number of hydrogen-bond donors (Lipinski definition) is 1. The molecule has 0 saturated heterocycles. The fraction of sp³-hybridized carbons (Fsp3) is 0.692. The van der Waals surface area contributed by atoms with Gasteiger partial charge in [0.15, 0.2) is 0 Å². The van der Waals surface area contributed by atoms with Crippen LogP contribution < -0.4 is 0 Å². The molecule has 1 aliphatic carbocycles. The van der Waals surface area contributed by atoms with Crippen molar-refractivity contribution in [1.29, 1.82) is 0 Å². The molecular weight excluding hydrogens is 230 g/mol. The summed E-state index contributed by atoms with van der Waals surface area (Å²) in [6.45, 7) is 4.52. The third-order valence-electron chi connectivity index (χ3n) is 3.28. The second-order valence-electron chi connectivity index (χ2n) is 4.89. The zero-order valence-corrected chi connectivity index (χ0v) is 10.9. The summed E-state index contributed by atoms with van der Waals surface area (Å²) in [6, 6.07) is 2.61. The van der Waals surface area contributed by atoms with E-state index in [0.717, 1.165) is 19.5 Å². The maximum absolute atomic E-state index is 10.7. The summed E-state index contributed by atoms with van der Waals surface area (Å²) in [5.74, 6) is -0.720. The van der Waals surface area contributed by atoms with Crippen LogP contribution >= 0.6 is 0 Å². The first kappa shape index (κ1) is 13.1. The van der Waals surface area contributed by atoms with Gasteiger partial charge in [0.1, 0.15) is 0 Å². The van der Waals surface area contributed by atoms with Gasteiger partial charge < -0.3 is 5.11 Å². The summed E-state index contributed by atoms with van der Waals surface area (Å²) in [6.07, 6.45) is 5.50. The van der Waals surface area contributed by atoms with E-state index in [4.69, 9.17) is 5.11 Å². The van der Waals surface area contributed by atoms with Crippen molar-refractivity contribution in [3.63, 3.8) is 0 Å². The van der Waals surface area contributed by atoms with E-state index in [1.807, 2.05) is 16.9 Å². The second-order valence-corrected chi connectivity index (χ2v) is 4.89. The van der Waals surface area contributed by atoms with Gasteiger partial charge in [-0.15, -0.1) is 0 Å². The smallest absolute Gasteiger partial charge is 0.304 e. The van der Waals surface area contributed by atoms with Crippen LogP contribution in [0, 0.1) is 0 Å². The fourth-order valence-corrected chi connectivity index (χ4v) is 2.19. The number of hydrogen-bond acceptors (Lipinski definition) is 3. The van der Waals surface area contributed by atoms with Crippen LogP contribution in [0.3, 0.4) is 0 Å². The summed E-state index contributed by atoms with van der Waals surface area (Å²) in [5, 5.41) is 13.1. The van der Waals surface area contributed by atoms with Gasteiger partial charge in [-0.25, -0.2) is 0 Å². The highest BCUT2D eigenvalue weighted by Crippen LogP contribution is 2.28. The Morgan fingerprint density at radius 2 is 2.39 bits per heavy atom. The van der Waals surface area contributed by atoms with Crippen molar-refractivity contribution in [1.82, 2.24) is 14.7 Å². The molecule has 0 bridgehead atoms. The average molecular weight is 251 g/mol. The van der Waals surface area contributed by atoms with Gasteiger partial charge in [0.25, 0.3) is 0 Å². The quantitative estimate of drug-likeness (QED) is 0.764. The van der Waals surface area contributed by atoms with Crippen LogP contribution in [-0.4, -0.2) is 38.3 Å². The minimum atomic E-state index is -0.720. The molecule has 2 rings (SSSR count). The predicted molar refractivity (Wildman–Crippen MR) is 68.2 cm³/mol. The molecule has 1 aliphatic rings. The Bertz CT molecular complexity index is 399.